The molecule has 3 heteroatoms. The van der Waals surface area contributed by atoms with Crippen LogP contribution in [-0.2, 0) is 4.79 Å². The van der Waals surface area contributed by atoms with Crippen molar-refractivity contribution in [1.82, 2.24) is 5.32 Å². The molecule has 116 valence electrons. The van der Waals surface area contributed by atoms with Gasteiger partial charge in [-0.3, -0.25) is 4.79 Å². The molecule has 0 aromatic heterocycles. The molecule has 1 saturated carbocycles. The van der Waals surface area contributed by atoms with E-state index in [-0.39, 0.29) is 24.5 Å². The van der Waals surface area contributed by atoms with E-state index in [0.717, 1.165) is 19.3 Å². The lowest BCUT2D eigenvalue weighted by molar-refractivity contribution is -0.123. The Morgan fingerprint density at radius 3 is 2.52 bits per heavy atom. The fourth-order valence-electron chi connectivity index (χ4n) is 2.80. The van der Waals surface area contributed by atoms with E-state index >= 15 is 0 Å². The predicted molar refractivity (Wildman–Crippen MR) is 85.3 cm³/mol. The Bertz CT molecular complexity index is 467. The summed E-state index contributed by atoms with van der Waals surface area (Å²) in [6, 6.07) is 8.84. The van der Waals surface area contributed by atoms with Gasteiger partial charge in [-0.15, -0.1) is 0 Å². The van der Waals surface area contributed by atoms with Gasteiger partial charge in [0.25, 0.3) is 0 Å². The Hall–Kier alpha value is -1.35. The van der Waals surface area contributed by atoms with Crippen molar-refractivity contribution in [2.75, 3.05) is 6.61 Å². The van der Waals surface area contributed by atoms with Gasteiger partial charge in [-0.2, -0.15) is 0 Å². The third kappa shape index (κ3) is 4.31. The Labute approximate surface area is 127 Å². The number of carbonyl (C=O) groups excluding carboxylic acids is 1. The van der Waals surface area contributed by atoms with Crippen LogP contribution in [-0.4, -0.2) is 23.7 Å². The van der Waals surface area contributed by atoms with E-state index in [1.54, 1.807) is 0 Å². The molecule has 1 fully saturated rings. The Kier molecular flexibility index (Phi) is 5.40. The second-order valence-electron chi connectivity index (χ2n) is 6.55. The first-order valence-corrected chi connectivity index (χ1v) is 8.04. The van der Waals surface area contributed by atoms with Crippen molar-refractivity contribution < 1.29 is 9.90 Å². The lowest BCUT2D eigenvalue weighted by Crippen LogP contribution is -2.34. The number of nitrogens with one attached hydrogen (secondary N) is 1. The highest BCUT2D eigenvalue weighted by molar-refractivity contribution is 5.83. The van der Waals surface area contributed by atoms with Gasteiger partial charge in [0.05, 0.1) is 0 Å². The fraction of sp³-hybridized carbons (Fsp3) is 0.611. The lowest BCUT2D eigenvalue weighted by Gasteiger charge is -2.13. The maximum Gasteiger partial charge on any atom is 0.223 e. The highest BCUT2D eigenvalue weighted by Crippen LogP contribution is 2.47. The molecule has 1 aliphatic rings. The van der Waals surface area contributed by atoms with E-state index in [4.69, 9.17) is 5.11 Å². The van der Waals surface area contributed by atoms with Crippen molar-refractivity contribution in [1.29, 1.82) is 0 Å². The van der Waals surface area contributed by atoms with Gasteiger partial charge in [0.2, 0.25) is 5.91 Å². The molecule has 0 radical (unpaired) electrons. The number of aliphatic hydroxyl groups is 1. The van der Waals surface area contributed by atoms with Gasteiger partial charge in [0.15, 0.2) is 0 Å². The Morgan fingerprint density at radius 2 is 1.95 bits per heavy atom. The number of amides is 1. The average molecular weight is 289 g/mol. The molecule has 0 bridgehead atoms. The minimum atomic E-state index is 0.131. The second kappa shape index (κ2) is 7.08. The van der Waals surface area contributed by atoms with Gasteiger partial charge >= 0.3 is 0 Å². The standard InChI is InChI=1S/C18H27NO2/c1-12(2)14-6-8-15(9-7-14)16-11-17(16)18(21)19-13(3)5-4-10-20/h6-9,12-13,16-17,20H,4-5,10-11H2,1-3H3,(H,19,21). The molecule has 1 aliphatic carbocycles. The number of benzene rings is 1. The first-order chi connectivity index (χ1) is 10.0. The zero-order valence-corrected chi connectivity index (χ0v) is 13.3. The summed E-state index contributed by atoms with van der Waals surface area (Å²) in [5.74, 6) is 1.23. The van der Waals surface area contributed by atoms with Crippen LogP contribution in [0.3, 0.4) is 0 Å². The molecule has 3 atom stereocenters. The van der Waals surface area contributed by atoms with Crippen LogP contribution in [0.25, 0.3) is 0 Å². The molecule has 2 rings (SSSR count). The molecule has 1 amide bonds. The highest BCUT2D eigenvalue weighted by Gasteiger charge is 2.44. The van der Waals surface area contributed by atoms with Crippen LogP contribution >= 0.6 is 0 Å². The molecule has 3 unspecified atom stereocenters. The Balaban J connectivity index is 1.84. The largest absolute Gasteiger partial charge is 0.396 e. The van der Waals surface area contributed by atoms with Crippen LogP contribution in [0.5, 0.6) is 0 Å². The monoisotopic (exact) mass is 289 g/mol. The minimum absolute atomic E-state index is 0.131. The zero-order chi connectivity index (χ0) is 15.4. The number of aliphatic hydroxyl groups excluding tert-OH is 1. The van der Waals surface area contributed by atoms with Gasteiger partial charge < -0.3 is 10.4 Å². The molecule has 0 heterocycles. The quantitative estimate of drug-likeness (QED) is 0.810. The summed E-state index contributed by atoms with van der Waals surface area (Å²) in [5, 5.41) is 11.9. The van der Waals surface area contributed by atoms with Crippen molar-refractivity contribution in [3.05, 3.63) is 35.4 Å². The van der Waals surface area contributed by atoms with Crippen LogP contribution in [0, 0.1) is 5.92 Å². The third-order valence-electron chi connectivity index (χ3n) is 4.34. The molecular formula is C18H27NO2. The van der Waals surface area contributed by atoms with Gasteiger partial charge in [0, 0.05) is 18.6 Å². The van der Waals surface area contributed by atoms with E-state index < -0.39 is 0 Å². The number of hydrogen-bond donors (Lipinski definition) is 2. The zero-order valence-electron chi connectivity index (χ0n) is 13.3. The smallest absolute Gasteiger partial charge is 0.223 e. The molecule has 21 heavy (non-hydrogen) atoms. The van der Waals surface area contributed by atoms with Crippen molar-refractivity contribution >= 4 is 5.91 Å². The van der Waals surface area contributed by atoms with E-state index in [9.17, 15) is 4.79 Å². The molecular weight excluding hydrogens is 262 g/mol. The van der Waals surface area contributed by atoms with Gasteiger partial charge in [-0.25, -0.2) is 0 Å². The normalized spacial score (nSPS) is 22.1. The summed E-state index contributed by atoms with van der Waals surface area (Å²) in [6.45, 7) is 6.57. The van der Waals surface area contributed by atoms with Crippen molar-refractivity contribution in [3.63, 3.8) is 0 Å². The molecule has 0 saturated heterocycles. The second-order valence-corrected chi connectivity index (χ2v) is 6.55. The lowest BCUT2D eigenvalue weighted by atomic mass is 10.00. The first kappa shape index (κ1) is 16.0. The summed E-state index contributed by atoms with van der Waals surface area (Å²) >= 11 is 0. The Morgan fingerprint density at radius 1 is 1.29 bits per heavy atom. The average Bonchev–Trinajstić information content (AvgIpc) is 3.25. The molecule has 0 aliphatic heterocycles. The van der Waals surface area contributed by atoms with Gasteiger partial charge in [-0.1, -0.05) is 38.1 Å². The third-order valence-corrected chi connectivity index (χ3v) is 4.34. The summed E-state index contributed by atoms with van der Waals surface area (Å²) < 4.78 is 0. The summed E-state index contributed by atoms with van der Waals surface area (Å²) in [5.41, 5.74) is 2.63. The summed E-state index contributed by atoms with van der Waals surface area (Å²) in [7, 11) is 0. The highest BCUT2D eigenvalue weighted by atomic mass is 16.3. The molecule has 1 aromatic rings. The molecule has 1 aromatic carbocycles. The fourth-order valence-corrected chi connectivity index (χ4v) is 2.80. The van der Waals surface area contributed by atoms with Crippen molar-refractivity contribution in [3.8, 4) is 0 Å². The molecule has 0 spiro atoms. The van der Waals surface area contributed by atoms with E-state index in [1.807, 2.05) is 6.92 Å². The van der Waals surface area contributed by atoms with Gasteiger partial charge in [-0.05, 0) is 49.1 Å². The molecule has 2 N–H and O–H groups in total. The van der Waals surface area contributed by atoms with E-state index in [2.05, 4.69) is 43.4 Å². The van der Waals surface area contributed by atoms with Gasteiger partial charge in [0.1, 0.15) is 0 Å². The van der Waals surface area contributed by atoms with Crippen LogP contribution in [0.15, 0.2) is 24.3 Å². The SMILES string of the molecule is CC(CCCO)NC(=O)C1CC1c1ccc(C(C)C)cc1. The number of hydrogen-bond acceptors (Lipinski definition) is 2. The van der Waals surface area contributed by atoms with Crippen molar-refractivity contribution in [2.45, 2.75) is 57.9 Å². The van der Waals surface area contributed by atoms with E-state index in [1.165, 1.54) is 11.1 Å². The van der Waals surface area contributed by atoms with Crippen molar-refractivity contribution in [2.24, 2.45) is 5.92 Å². The van der Waals surface area contributed by atoms with Crippen LogP contribution < -0.4 is 5.32 Å². The summed E-state index contributed by atoms with van der Waals surface area (Å²) in [4.78, 5) is 12.2. The first-order valence-electron chi connectivity index (χ1n) is 8.04. The number of carbonyl (C=O) groups is 1. The van der Waals surface area contributed by atoms with Crippen LogP contribution in [0.2, 0.25) is 0 Å². The van der Waals surface area contributed by atoms with Crippen LogP contribution in [0.4, 0.5) is 0 Å². The minimum Gasteiger partial charge on any atom is -0.396 e. The predicted octanol–water partition coefficient (Wildman–Crippen LogP) is 3.19. The maximum absolute atomic E-state index is 12.2. The summed E-state index contributed by atoms with van der Waals surface area (Å²) in [6.07, 6.45) is 2.54. The topological polar surface area (TPSA) is 49.3 Å². The molecule has 3 nitrogen and oxygen atoms in total. The maximum atomic E-state index is 12.2. The number of rotatable bonds is 7. The van der Waals surface area contributed by atoms with E-state index in [0.29, 0.717) is 11.8 Å². The van der Waals surface area contributed by atoms with Crippen LogP contribution in [0.1, 0.15) is 63.0 Å².